The van der Waals surface area contributed by atoms with Gasteiger partial charge in [0.25, 0.3) is 0 Å². The molecule has 0 saturated carbocycles. The molecule has 2 aromatic heterocycles. The first-order valence-corrected chi connectivity index (χ1v) is 9.89. The van der Waals surface area contributed by atoms with Gasteiger partial charge >= 0.3 is 17.8 Å². The number of carbonyl (C=O) groups excluding carboxylic acids is 1. The Kier molecular flexibility index (Phi) is 5.56. The van der Waals surface area contributed by atoms with Gasteiger partial charge in [-0.15, -0.1) is 5.10 Å². The van der Waals surface area contributed by atoms with E-state index in [2.05, 4.69) is 30.7 Å². The van der Waals surface area contributed by atoms with Gasteiger partial charge in [0.15, 0.2) is 11.6 Å². The average molecular weight is 418 g/mol. The molecule has 29 heavy (non-hydrogen) atoms. The molecule has 3 heterocycles. The summed E-state index contributed by atoms with van der Waals surface area (Å²) in [5, 5.41) is 12.6. The highest BCUT2D eigenvalue weighted by Gasteiger charge is 2.17. The maximum Gasteiger partial charge on any atom is 0.320 e. The molecular weight excluding hydrogens is 402 g/mol. The van der Waals surface area contributed by atoms with E-state index in [1.54, 1.807) is 12.3 Å². The monoisotopic (exact) mass is 418 g/mol. The van der Waals surface area contributed by atoms with Crippen molar-refractivity contribution in [1.29, 1.82) is 0 Å². The van der Waals surface area contributed by atoms with Crippen molar-refractivity contribution in [1.82, 2.24) is 15.2 Å². The molecule has 0 radical (unpaired) electrons. The molecule has 1 aromatic carbocycles. The van der Waals surface area contributed by atoms with Gasteiger partial charge in [0, 0.05) is 36.3 Å². The Labute approximate surface area is 168 Å². The molecule has 0 aliphatic carbocycles. The van der Waals surface area contributed by atoms with Gasteiger partial charge in [-0.25, -0.2) is 13.8 Å². The topological polar surface area (TPSA) is 96.2 Å². The van der Waals surface area contributed by atoms with Gasteiger partial charge in [-0.1, -0.05) is 5.10 Å². The molecule has 8 nitrogen and oxygen atoms in total. The van der Waals surface area contributed by atoms with E-state index in [0.29, 0.717) is 5.69 Å². The highest BCUT2D eigenvalue weighted by molar-refractivity contribution is 7.99. The zero-order valence-corrected chi connectivity index (χ0v) is 15.9. The maximum atomic E-state index is 13.2. The van der Waals surface area contributed by atoms with Gasteiger partial charge in [-0.05, 0) is 24.3 Å². The molecule has 11 heteroatoms. The van der Waals surface area contributed by atoms with Crippen LogP contribution in [0.2, 0.25) is 0 Å². The molecule has 1 fully saturated rings. The number of carbonyl (C=O) groups is 1. The summed E-state index contributed by atoms with van der Waals surface area (Å²) in [6.45, 7) is 1.89. The lowest BCUT2D eigenvalue weighted by molar-refractivity contribution is 0.0991. The Morgan fingerprint density at radius 2 is 1.86 bits per heavy atom. The van der Waals surface area contributed by atoms with Gasteiger partial charge in [-0.3, -0.25) is 4.79 Å². The van der Waals surface area contributed by atoms with Gasteiger partial charge in [0.1, 0.15) is 5.82 Å². The Bertz CT molecular complexity index is 1010. The van der Waals surface area contributed by atoms with Crippen molar-refractivity contribution in [2.45, 2.75) is 0 Å². The number of rotatable bonds is 5. The summed E-state index contributed by atoms with van der Waals surface area (Å²) in [7, 11) is 0. The van der Waals surface area contributed by atoms with Crippen LogP contribution in [0.4, 0.5) is 32.0 Å². The smallest absolute Gasteiger partial charge is 0.320 e. The number of thioether (sulfide) groups is 1. The summed E-state index contributed by atoms with van der Waals surface area (Å²) < 4.78 is 31.4. The van der Waals surface area contributed by atoms with E-state index in [1.807, 2.05) is 17.8 Å². The number of nitrogens with zero attached hydrogens (tertiary/aromatic N) is 4. The third-order valence-corrected chi connectivity index (χ3v) is 5.07. The summed E-state index contributed by atoms with van der Waals surface area (Å²) in [5.41, 5.74) is 0.689. The van der Waals surface area contributed by atoms with E-state index >= 15 is 0 Å². The molecule has 0 spiro atoms. The molecule has 0 unspecified atom stereocenters. The summed E-state index contributed by atoms with van der Waals surface area (Å²) >= 11 is 1.92. The Morgan fingerprint density at radius 1 is 1.07 bits per heavy atom. The van der Waals surface area contributed by atoms with Gasteiger partial charge in [-0.2, -0.15) is 11.8 Å². The quantitative estimate of drug-likeness (QED) is 0.652. The third kappa shape index (κ3) is 4.62. The molecular formula is C18H16F2N6O2S. The zero-order chi connectivity index (χ0) is 20.2. The van der Waals surface area contributed by atoms with Crippen molar-refractivity contribution in [3.63, 3.8) is 0 Å². The van der Waals surface area contributed by atoms with Crippen LogP contribution >= 0.6 is 11.8 Å². The number of aromatic nitrogens is 3. The molecule has 1 aliphatic rings. The molecule has 3 aromatic rings. The predicted octanol–water partition coefficient (Wildman–Crippen LogP) is 3.29. The fourth-order valence-electron chi connectivity index (χ4n) is 2.69. The highest BCUT2D eigenvalue weighted by Crippen LogP contribution is 2.20. The number of pyridine rings is 1. The normalized spacial score (nSPS) is 13.9. The summed E-state index contributed by atoms with van der Waals surface area (Å²) in [5.74, 6) is 0.106. The summed E-state index contributed by atoms with van der Waals surface area (Å²) in [6.07, 6.45) is 1.56. The highest BCUT2D eigenvalue weighted by atomic mass is 32.2. The molecule has 150 valence electrons. The van der Waals surface area contributed by atoms with Crippen molar-refractivity contribution in [3.05, 3.63) is 54.1 Å². The zero-order valence-electron chi connectivity index (χ0n) is 15.1. The molecule has 0 atom stereocenters. The largest absolute Gasteiger partial charge is 0.399 e. The van der Waals surface area contributed by atoms with Crippen LogP contribution in [-0.2, 0) is 0 Å². The second-order valence-corrected chi connectivity index (χ2v) is 7.35. The summed E-state index contributed by atoms with van der Waals surface area (Å²) in [6, 6.07) is 6.66. The van der Waals surface area contributed by atoms with E-state index in [0.717, 1.165) is 42.5 Å². The third-order valence-electron chi connectivity index (χ3n) is 4.13. The molecule has 2 N–H and O–H groups in total. The fraction of sp³-hybridized carbons (Fsp3) is 0.222. The molecule has 1 amide bonds. The van der Waals surface area contributed by atoms with E-state index in [4.69, 9.17) is 4.42 Å². The van der Waals surface area contributed by atoms with Crippen LogP contribution < -0.4 is 15.5 Å². The Hall–Kier alpha value is -3.21. The number of hydrogen-bond acceptors (Lipinski definition) is 8. The predicted molar refractivity (Wildman–Crippen MR) is 106 cm³/mol. The van der Waals surface area contributed by atoms with Crippen LogP contribution in [0.3, 0.4) is 0 Å². The van der Waals surface area contributed by atoms with E-state index in [-0.39, 0.29) is 17.6 Å². The SMILES string of the molecule is O=C(Nc1ccc(N2CCSCC2)nc1)c1nnc(Nc2ccc(F)c(F)c2)o1. The van der Waals surface area contributed by atoms with Crippen LogP contribution in [0.15, 0.2) is 40.9 Å². The standard InChI is InChI=1S/C18H16F2N6O2S/c19-13-3-1-11(9-14(13)20)23-18-25-24-17(28-18)16(27)22-12-2-4-15(21-10-12)26-5-7-29-8-6-26/h1-4,9-10H,5-8H2,(H,22,27)(H,23,25). The van der Waals surface area contributed by atoms with Crippen molar-refractivity contribution < 1.29 is 18.0 Å². The van der Waals surface area contributed by atoms with Crippen LogP contribution in [0.1, 0.15) is 10.7 Å². The average Bonchev–Trinajstić information content (AvgIpc) is 3.21. The number of benzene rings is 1. The van der Waals surface area contributed by atoms with Crippen molar-refractivity contribution in [2.75, 3.05) is 40.1 Å². The minimum atomic E-state index is -1.02. The first kappa shape index (κ1) is 19.1. The lowest BCUT2D eigenvalue weighted by Crippen LogP contribution is -2.33. The van der Waals surface area contributed by atoms with Gasteiger partial charge < -0.3 is 20.0 Å². The second-order valence-electron chi connectivity index (χ2n) is 6.12. The molecule has 1 saturated heterocycles. The van der Waals surface area contributed by atoms with Crippen LogP contribution in [0.25, 0.3) is 0 Å². The number of halogens is 2. The molecule has 0 bridgehead atoms. The summed E-state index contributed by atoms with van der Waals surface area (Å²) in [4.78, 5) is 18.9. The number of anilines is 4. The van der Waals surface area contributed by atoms with Gasteiger partial charge in [0.2, 0.25) is 0 Å². The number of amides is 1. The Balaban J connectivity index is 1.38. The second kappa shape index (κ2) is 8.43. The van der Waals surface area contributed by atoms with E-state index in [1.165, 1.54) is 6.07 Å². The fourth-order valence-corrected chi connectivity index (χ4v) is 3.59. The lowest BCUT2D eigenvalue weighted by atomic mass is 10.3. The van der Waals surface area contributed by atoms with Gasteiger partial charge in [0.05, 0.1) is 11.9 Å². The minimum absolute atomic E-state index is 0.127. The maximum absolute atomic E-state index is 13.2. The number of hydrogen-bond donors (Lipinski definition) is 2. The van der Waals surface area contributed by atoms with Crippen molar-refractivity contribution in [3.8, 4) is 0 Å². The molecule has 4 rings (SSSR count). The molecule has 1 aliphatic heterocycles. The first-order chi connectivity index (χ1) is 14.1. The first-order valence-electron chi connectivity index (χ1n) is 8.74. The van der Waals surface area contributed by atoms with Crippen LogP contribution in [0.5, 0.6) is 0 Å². The Morgan fingerprint density at radius 3 is 2.59 bits per heavy atom. The minimum Gasteiger partial charge on any atom is -0.399 e. The van der Waals surface area contributed by atoms with Crippen molar-refractivity contribution in [2.24, 2.45) is 0 Å². The number of nitrogens with one attached hydrogen (secondary N) is 2. The van der Waals surface area contributed by atoms with Crippen LogP contribution in [-0.4, -0.2) is 45.7 Å². The lowest BCUT2D eigenvalue weighted by Gasteiger charge is -2.27. The van der Waals surface area contributed by atoms with Crippen LogP contribution in [0, 0.1) is 11.6 Å². The van der Waals surface area contributed by atoms with E-state index in [9.17, 15) is 13.6 Å². The van der Waals surface area contributed by atoms with E-state index < -0.39 is 17.5 Å². The van der Waals surface area contributed by atoms with Crippen molar-refractivity contribution >= 4 is 40.9 Å².